The van der Waals surface area contributed by atoms with Crippen molar-refractivity contribution in [3.05, 3.63) is 53.7 Å². The summed E-state index contributed by atoms with van der Waals surface area (Å²) in [5, 5.41) is 0. The van der Waals surface area contributed by atoms with Crippen molar-refractivity contribution < 1.29 is 9.13 Å². The first-order chi connectivity index (χ1) is 10.6. The second-order valence-electron chi connectivity index (χ2n) is 5.81. The predicted octanol–water partition coefficient (Wildman–Crippen LogP) is 3.32. The summed E-state index contributed by atoms with van der Waals surface area (Å²) in [5.41, 5.74) is 2.13. The van der Waals surface area contributed by atoms with Gasteiger partial charge in [0.1, 0.15) is 24.1 Å². The van der Waals surface area contributed by atoms with E-state index in [2.05, 4.69) is 28.7 Å². The van der Waals surface area contributed by atoms with Crippen molar-refractivity contribution in [2.24, 2.45) is 0 Å². The molecule has 2 heterocycles. The number of hydrogen-bond donors (Lipinski definition) is 0. The number of ether oxygens (including phenoxy) is 1. The van der Waals surface area contributed by atoms with Crippen molar-refractivity contribution in [3.63, 3.8) is 0 Å². The molecular weight excluding hydrogens is 281 g/mol. The van der Waals surface area contributed by atoms with E-state index in [4.69, 9.17) is 4.74 Å². The van der Waals surface area contributed by atoms with Gasteiger partial charge in [0.05, 0.1) is 6.61 Å². The van der Waals surface area contributed by atoms with E-state index < -0.39 is 0 Å². The highest BCUT2D eigenvalue weighted by molar-refractivity contribution is 5.47. The summed E-state index contributed by atoms with van der Waals surface area (Å²) in [6, 6.07) is 6.52. The van der Waals surface area contributed by atoms with E-state index in [0.29, 0.717) is 19.1 Å². The quantitative estimate of drug-likeness (QED) is 0.871. The molecule has 22 heavy (non-hydrogen) atoms. The Labute approximate surface area is 130 Å². The van der Waals surface area contributed by atoms with Crippen LogP contribution < -0.4 is 4.90 Å². The molecule has 5 heteroatoms. The maximum Gasteiger partial charge on any atom is 0.135 e. The molecule has 1 aromatic carbocycles. The number of anilines is 1. The molecule has 1 aliphatic rings. The fourth-order valence-corrected chi connectivity index (χ4v) is 2.73. The summed E-state index contributed by atoms with van der Waals surface area (Å²) in [6.45, 7) is 6.42. The van der Waals surface area contributed by atoms with E-state index in [0.717, 1.165) is 23.5 Å². The van der Waals surface area contributed by atoms with Crippen molar-refractivity contribution in [2.75, 3.05) is 24.6 Å². The Kier molecular flexibility index (Phi) is 4.34. The zero-order valence-electron chi connectivity index (χ0n) is 12.9. The molecule has 2 aromatic rings. The lowest BCUT2D eigenvalue weighted by molar-refractivity contribution is 0.0394. The molecule has 0 bridgehead atoms. The molecule has 4 nitrogen and oxygen atoms in total. The van der Waals surface area contributed by atoms with Gasteiger partial charge in [0.25, 0.3) is 0 Å². The fourth-order valence-electron chi connectivity index (χ4n) is 2.73. The van der Waals surface area contributed by atoms with E-state index in [9.17, 15) is 4.39 Å². The van der Waals surface area contributed by atoms with Gasteiger partial charge in [-0.25, -0.2) is 14.4 Å². The van der Waals surface area contributed by atoms with Gasteiger partial charge < -0.3 is 9.64 Å². The maximum atomic E-state index is 13.1. The zero-order chi connectivity index (χ0) is 15.5. The van der Waals surface area contributed by atoms with Crippen LogP contribution >= 0.6 is 0 Å². The molecule has 0 aliphatic carbocycles. The summed E-state index contributed by atoms with van der Waals surface area (Å²) >= 11 is 0. The van der Waals surface area contributed by atoms with Crippen LogP contribution in [0.15, 0.2) is 36.8 Å². The highest BCUT2D eigenvalue weighted by Gasteiger charge is 2.25. The molecule has 1 aliphatic heterocycles. The Morgan fingerprint density at radius 3 is 2.77 bits per heavy atom. The number of aromatic nitrogens is 2. The van der Waals surface area contributed by atoms with Crippen molar-refractivity contribution >= 4 is 5.82 Å². The molecule has 0 N–H and O–H groups in total. The molecule has 1 fully saturated rings. The molecule has 0 spiro atoms. The maximum absolute atomic E-state index is 13.1. The molecule has 0 amide bonds. The van der Waals surface area contributed by atoms with Crippen molar-refractivity contribution in [3.8, 4) is 0 Å². The Bertz CT molecular complexity index is 630. The van der Waals surface area contributed by atoms with E-state index in [1.165, 1.54) is 12.1 Å². The second kappa shape index (κ2) is 6.40. The van der Waals surface area contributed by atoms with Gasteiger partial charge >= 0.3 is 0 Å². The lowest BCUT2D eigenvalue weighted by Crippen LogP contribution is -2.39. The van der Waals surface area contributed by atoms with E-state index in [1.54, 1.807) is 18.5 Å². The molecule has 1 atom stereocenters. The smallest absolute Gasteiger partial charge is 0.135 e. The van der Waals surface area contributed by atoms with Crippen LogP contribution in [-0.4, -0.2) is 29.7 Å². The van der Waals surface area contributed by atoms with Gasteiger partial charge in [-0.2, -0.15) is 0 Å². The van der Waals surface area contributed by atoms with Crippen LogP contribution in [0, 0.1) is 5.82 Å². The third-order valence-electron chi connectivity index (χ3n) is 3.95. The van der Waals surface area contributed by atoms with Gasteiger partial charge in [-0.15, -0.1) is 0 Å². The van der Waals surface area contributed by atoms with Gasteiger partial charge in [0.15, 0.2) is 0 Å². The van der Waals surface area contributed by atoms with Gasteiger partial charge in [-0.05, 0) is 23.6 Å². The number of benzene rings is 1. The number of rotatable bonds is 3. The Morgan fingerprint density at radius 1 is 1.27 bits per heavy atom. The number of nitrogens with zero attached hydrogens (tertiary/aromatic N) is 3. The Hall–Kier alpha value is -2.01. The lowest BCUT2D eigenvalue weighted by atomic mass is 10.0. The predicted molar refractivity (Wildman–Crippen MR) is 83.4 cm³/mol. The van der Waals surface area contributed by atoms with Gasteiger partial charge in [-0.3, -0.25) is 0 Å². The van der Waals surface area contributed by atoms with Crippen LogP contribution in [-0.2, 0) is 4.74 Å². The van der Waals surface area contributed by atoms with Crippen molar-refractivity contribution in [1.29, 1.82) is 0 Å². The third kappa shape index (κ3) is 3.09. The first-order valence-electron chi connectivity index (χ1n) is 7.57. The monoisotopic (exact) mass is 301 g/mol. The largest absolute Gasteiger partial charge is 0.370 e. The first-order valence-corrected chi connectivity index (χ1v) is 7.57. The van der Waals surface area contributed by atoms with Gasteiger partial charge in [-0.1, -0.05) is 26.0 Å². The van der Waals surface area contributed by atoms with Gasteiger partial charge in [0, 0.05) is 24.8 Å². The van der Waals surface area contributed by atoms with Crippen molar-refractivity contribution in [1.82, 2.24) is 9.97 Å². The molecule has 0 unspecified atom stereocenters. The number of hydrogen-bond acceptors (Lipinski definition) is 4. The van der Waals surface area contributed by atoms with Crippen LogP contribution in [0.5, 0.6) is 0 Å². The van der Waals surface area contributed by atoms with Crippen LogP contribution in [0.4, 0.5) is 10.2 Å². The second-order valence-corrected chi connectivity index (χ2v) is 5.81. The van der Waals surface area contributed by atoms with E-state index in [-0.39, 0.29) is 11.9 Å². The van der Waals surface area contributed by atoms with E-state index in [1.807, 2.05) is 6.20 Å². The third-order valence-corrected chi connectivity index (χ3v) is 3.95. The van der Waals surface area contributed by atoms with Crippen LogP contribution in [0.1, 0.15) is 37.0 Å². The highest BCUT2D eigenvalue weighted by atomic mass is 19.1. The molecule has 116 valence electrons. The molecular formula is C17H20FN3O. The average Bonchev–Trinajstić information content (AvgIpc) is 2.55. The minimum absolute atomic E-state index is 0.0654. The average molecular weight is 301 g/mol. The Morgan fingerprint density at radius 2 is 2.05 bits per heavy atom. The summed E-state index contributed by atoms with van der Waals surface area (Å²) in [7, 11) is 0. The summed E-state index contributed by atoms with van der Waals surface area (Å²) in [4.78, 5) is 10.8. The minimum atomic E-state index is -0.227. The van der Waals surface area contributed by atoms with Crippen LogP contribution in [0.25, 0.3) is 0 Å². The molecule has 0 radical (unpaired) electrons. The number of morpholine rings is 1. The van der Waals surface area contributed by atoms with Crippen LogP contribution in [0.2, 0.25) is 0 Å². The topological polar surface area (TPSA) is 38.2 Å². The molecule has 1 aromatic heterocycles. The molecule has 1 saturated heterocycles. The van der Waals surface area contributed by atoms with Gasteiger partial charge in [0.2, 0.25) is 0 Å². The SMILES string of the molecule is CC(C)c1cncnc1N1CCO[C@H](c2ccc(F)cc2)C1. The standard InChI is InChI=1S/C17H20FN3O/c1-12(2)15-9-19-11-20-17(15)21-7-8-22-16(10-21)13-3-5-14(18)6-4-13/h3-6,9,11-12,16H,7-8,10H2,1-2H3/t16-/m0/s1. The lowest BCUT2D eigenvalue weighted by Gasteiger charge is -2.35. The normalized spacial score (nSPS) is 18.7. The minimum Gasteiger partial charge on any atom is -0.370 e. The highest BCUT2D eigenvalue weighted by Crippen LogP contribution is 2.29. The zero-order valence-corrected chi connectivity index (χ0v) is 12.9. The van der Waals surface area contributed by atoms with Crippen LogP contribution in [0.3, 0.4) is 0 Å². The molecule has 0 saturated carbocycles. The van der Waals surface area contributed by atoms with Crippen molar-refractivity contribution in [2.45, 2.75) is 25.9 Å². The summed E-state index contributed by atoms with van der Waals surface area (Å²) in [6.07, 6.45) is 3.41. The van der Waals surface area contributed by atoms with E-state index >= 15 is 0 Å². The first kappa shape index (κ1) is 14.9. The summed E-state index contributed by atoms with van der Waals surface area (Å²) < 4.78 is 18.9. The number of halogens is 1. The summed E-state index contributed by atoms with van der Waals surface area (Å²) in [5.74, 6) is 1.11. The molecule has 3 rings (SSSR count). The Balaban J connectivity index is 1.83. The fraction of sp³-hybridized carbons (Fsp3) is 0.412.